The molecule has 98 valence electrons. The van der Waals surface area contributed by atoms with Crippen molar-refractivity contribution in [2.24, 2.45) is 0 Å². The Morgan fingerprint density at radius 1 is 1.16 bits per heavy atom. The molecular formula is C15H15NO3. The molecule has 0 fully saturated rings. The molecule has 4 nitrogen and oxygen atoms in total. The van der Waals surface area contributed by atoms with Crippen LogP contribution in [0.15, 0.2) is 53.5 Å². The van der Waals surface area contributed by atoms with E-state index < -0.39 is 5.97 Å². The minimum Gasteiger partial charge on any atom is -0.465 e. The van der Waals surface area contributed by atoms with Crippen molar-refractivity contribution in [3.8, 4) is 0 Å². The quantitative estimate of drug-likeness (QED) is 0.792. The maximum Gasteiger partial charge on any atom is 0.339 e. The number of aromatic nitrogens is 1. The first-order valence-corrected chi connectivity index (χ1v) is 5.99. The van der Waals surface area contributed by atoms with E-state index in [1.54, 1.807) is 0 Å². The minimum atomic E-state index is -0.450. The summed E-state index contributed by atoms with van der Waals surface area (Å²) in [4.78, 5) is 23.4. The average Bonchev–Trinajstić information content (AvgIpc) is 2.47. The molecule has 0 saturated carbocycles. The van der Waals surface area contributed by atoms with Crippen molar-refractivity contribution in [3.63, 3.8) is 0 Å². The fourth-order valence-corrected chi connectivity index (χ4v) is 1.94. The number of esters is 1. The van der Waals surface area contributed by atoms with Gasteiger partial charge in [0.25, 0.3) is 5.56 Å². The number of hydrogen-bond donors (Lipinski definition) is 0. The van der Waals surface area contributed by atoms with Gasteiger partial charge in [-0.3, -0.25) is 4.79 Å². The van der Waals surface area contributed by atoms with Crippen LogP contribution in [0.4, 0.5) is 0 Å². The zero-order valence-corrected chi connectivity index (χ0v) is 10.9. The summed E-state index contributed by atoms with van der Waals surface area (Å²) in [5, 5.41) is 0. The van der Waals surface area contributed by atoms with E-state index in [9.17, 15) is 9.59 Å². The number of nitrogens with zero attached hydrogens (tertiary/aromatic N) is 1. The number of carbonyl (C=O) groups is 1. The predicted octanol–water partition coefficient (Wildman–Crippen LogP) is 2.24. The molecule has 0 amide bonds. The monoisotopic (exact) mass is 257 g/mol. The Labute approximate surface area is 111 Å². The maximum atomic E-state index is 11.9. The lowest BCUT2D eigenvalue weighted by molar-refractivity contribution is 0.0599. The highest BCUT2D eigenvalue weighted by Crippen LogP contribution is 2.16. The molecule has 1 aromatic carbocycles. The first-order valence-electron chi connectivity index (χ1n) is 5.99. The standard InChI is InChI=1S/C15H15NO3/c1-11(12-6-4-3-5-7-12)16-10-13(15(18)19-2)8-9-14(16)17/h3-11H,1-2H3/t11-/m0/s1. The van der Waals surface area contributed by atoms with Crippen molar-refractivity contribution in [1.82, 2.24) is 4.57 Å². The van der Waals surface area contributed by atoms with Gasteiger partial charge in [0.05, 0.1) is 18.7 Å². The van der Waals surface area contributed by atoms with Crippen LogP contribution < -0.4 is 5.56 Å². The zero-order chi connectivity index (χ0) is 13.8. The summed E-state index contributed by atoms with van der Waals surface area (Å²) in [7, 11) is 1.32. The highest BCUT2D eigenvalue weighted by Gasteiger charge is 2.12. The highest BCUT2D eigenvalue weighted by molar-refractivity contribution is 5.88. The van der Waals surface area contributed by atoms with Gasteiger partial charge in [0.15, 0.2) is 0 Å². The van der Waals surface area contributed by atoms with Crippen LogP contribution in [-0.4, -0.2) is 17.6 Å². The molecule has 1 aromatic heterocycles. The van der Waals surface area contributed by atoms with Crippen molar-refractivity contribution < 1.29 is 9.53 Å². The number of rotatable bonds is 3. The molecule has 0 bridgehead atoms. The lowest BCUT2D eigenvalue weighted by Crippen LogP contribution is -2.24. The average molecular weight is 257 g/mol. The van der Waals surface area contributed by atoms with Gasteiger partial charge in [-0.25, -0.2) is 4.79 Å². The molecule has 0 radical (unpaired) electrons. The summed E-state index contributed by atoms with van der Waals surface area (Å²) in [6.07, 6.45) is 1.53. The van der Waals surface area contributed by atoms with E-state index in [1.165, 1.54) is 30.0 Å². The third kappa shape index (κ3) is 2.73. The van der Waals surface area contributed by atoms with E-state index in [1.807, 2.05) is 37.3 Å². The van der Waals surface area contributed by atoms with Crippen LogP contribution in [0.25, 0.3) is 0 Å². The van der Waals surface area contributed by atoms with Crippen LogP contribution in [0.2, 0.25) is 0 Å². The fourth-order valence-electron chi connectivity index (χ4n) is 1.94. The van der Waals surface area contributed by atoms with E-state index in [0.717, 1.165) is 5.56 Å². The Morgan fingerprint density at radius 2 is 1.84 bits per heavy atom. The summed E-state index contributed by atoms with van der Waals surface area (Å²) >= 11 is 0. The SMILES string of the molecule is COC(=O)c1ccc(=O)n([C@@H](C)c2ccccc2)c1. The largest absolute Gasteiger partial charge is 0.465 e. The summed E-state index contributed by atoms with van der Waals surface area (Å²) in [6.45, 7) is 1.91. The molecule has 0 aliphatic rings. The highest BCUT2D eigenvalue weighted by atomic mass is 16.5. The van der Waals surface area contributed by atoms with E-state index in [2.05, 4.69) is 4.74 Å². The number of ether oxygens (including phenoxy) is 1. The number of carbonyl (C=O) groups excluding carboxylic acids is 1. The van der Waals surface area contributed by atoms with Gasteiger partial charge in [0, 0.05) is 12.3 Å². The van der Waals surface area contributed by atoms with Gasteiger partial charge in [-0.15, -0.1) is 0 Å². The number of pyridine rings is 1. The Bertz CT molecular complexity index is 631. The predicted molar refractivity (Wildman–Crippen MR) is 72.3 cm³/mol. The van der Waals surface area contributed by atoms with Crippen molar-refractivity contribution in [2.75, 3.05) is 7.11 Å². The summed E-state index contributed by atoms with van der Waals surface area (Å²) in [5.74, 6) is -0.450. The normalized spacial score (nSPS) is 11.9. The van der Waals surface area contributed by atoms with Gasteiger partial charge in [-0.1, -0.05) is 30.3 Å². The van der Waals surface area contributed by atoms with Gasteiger partial charge in [-0.05, 0) is 18.6 Å². The van der Waals surface area contributed by atoms with Crippen molar-refractivity contribution in [1.29, 1.82) is 0 Å². The second kappa shape index (κ2) is 5.52. The van der Waals surface area contributed by atoms with Gasteiger partial charge in [0.2, 0.25) is 0 Å². The van der Waals surface area contributed by atoms with Gasteiger partial charge < -0.3 is 9.30 Å². The van der Waals surface area contributed by atoms with Crippen molar-refractivity contribution in [3.05, 3.63) is 70.1 Å². The third-order valence-corrected chi connectivity index (χ3v) is 3.06. The second-order valence-electron chi connectivity index (χ2n) is 4.24. The fraction of sp³-hybridized carbons (Fsp3) is 0.200. The third-order valence-electron chi connectivity index (χ3n) is 3.06. The summed E-state index contributed by atoms with van der Waals surface area (Å²) in [5.41, 5.74) is 1.22. The summed E-state index contributed by atoms with van der Waals surface area (Å²) < 4.78 is 6.19. The van der Waals surface area contributed by atoms with Crippen LogP contribution in [0.5, 0.6) is 0 Å². The smallest absolute Gasteiger partial charge is 0.339 e. The minimum absolute atomic E-state index is 0.140. The van der Waals surface area contributed by atoms with Gasteiger partial charge in [0.1, 0.15) is 0 Å². The molecule has 1 heterocycles. The van der Waals surface area contributed by atoms with E-state index in [4.69, 9.17) is 0 Å². The van der Waals surface area contributed by atoms with Crippen LogP contribution in [0.1, 0.15) is 28.9 Å². The lowest BCUT2D eigenvalue weighted by Gasteiger charge is -2.16. The lowest BCUT2D eigenvalue weighted by atomic mass is 10.1. The summed E-state index contributed by atoms with van der Waals surface area (Å²) in [6, 6.07) is 12.4. The Morgan fingerprint density at radius 3 is 2.47 bits per heavy atom. The second-order valence-corrected chi connectivity index (χ2v) is 4.24. The molecule has 0 aliphatic heterocycles. The van der Waals surface area contributed by atoms with E-state index >= 15 is 0 Å². The molecule has 2 rings (SSSR count). The van der Waals surface area contributed by atoms with Gasteiger partial charge >= 0.3 is 5.97 Å². The Kier molecular flexibility index (Phi) is 3.80. The molecule has 1 atom stereocenters. The Hall–Kier alpha value is -2.36. The molecule has 19 heavy (non-hydrogen) atoms. The molecule has 0 unspecified atom stereocenters. The molecule has 0 spiro atoms. The molecule has 0 N–H and O–H groups in total. The molecule has 2 aromatic rings. The van der Waals surface area contributed by atoms with Crippen LogP contribution >= 0.6 is 0 Å². The van der Waals surface area contributed by atoms with Crippen molar-refractivity contribution >= 4 is 5.97 Å². The molecule has 0 aliphatic carbocycles. The number of methoxy groups -OCH3 is 1. The molecular weight excluding hydrogens is 242 g/mol. The van der Waals surface area contributed by atoms with Crippen LogP contribution in [0, 0.1) is 0 Å². The van der Waals surface area contributed by atoms with Crippen LogP contribution in [0.3, 0.4) is 0 Å². The van der Waals surface area contributed by atoms with E-state index in [-0.39, 0.29) is 11.6 Å². The zero-order valence-electron chi connectivity index (χ0n) is 10.9. The maximum absolute atomic E-state index is 11.9. The van der Waals surface area contributed by atoms with E-state index in [0.29, 0.717) is 5.56 Å². The van der Waals surface area contributed by atoms with Gasteiger partial charge in [-0.2, -0.15) is 0 Å². The van der Waals surface area contributed by atoms with Crippen molar-refractivity contribution in [2.45, 2.75) is 13.0 Å². The topological polar surface area (TPSA) is 48.3 Å². The first kappa shape index (κ1) is 13.1. The number of benzene rings is 1. The first-order chi connectivity index (χ1) is 9.13. The Balaban J connectivity index is 2.44. The molecule has 4 heteroatoms. The number of hydrogen-bond acceptors (Lipinski definition) is 3. The molecule has 0 saturated heterocycles. The van der Waals surface area contributed by atoms with Crippen LogP contribution in [-0.2, 0) is 4.74 Å².